The summed E-state index contributed by atoms with van der Waals surface area (Å²) in [6, 6.07) is 15.2. The van der Waals surface area contributed by atoms with Crippen LogP contribution in [0.25, 0.3) is 0 Å². The molecule has 0 spiro atoms. The molecule has 1 N–H and O–H groups in total. The molecule has 164 valence electrons. The second-order valence-corrected chi connectivity index (χ2v) is 8.58. The molecule has 2 aromatic carbocycles. The number of benzene rings is 2. The third-order valence-electron chi connectivity index (χ3n) is 5.06. The molecule has 6 heteroatoms. The van der Waals surface area contributed by atoms with Crippen LogP contribution in [0.3, 0.4) is 0 Å². The number of aliphatic hydroxyl groups is 1. The van der Waals surface area contributed by atoms with Crippen LogP contribution in [0.4, 0.5) is 0 Å². The smallest absolute Gasteiger partial charge is 0.227 e. The Kier molecular flexibility index (Phi) is 10.1. The van der Waals surface area contributed by atoms with E-state index in [2.05, 4.69) is 18.7 Å². The predicted octanol–water partition coefficient (Wildman–Crippen LogP) is 5.22. The van der Waals surface area contributed by atoms with Gasteiger partial charge in [0.1, 0.15) is 0 Å². The Morgan fingerprint density at radius 1 is 1.17 bits per heavy atom. The maximum Gasteiger partial charge on any atom is 0.227 e. The third kappa shape index (κ3) is 7.28. The lowest BCUT2D eigenvalue weighted by molar-refractivity contribution is -0.131. The minimum absolute atomic E-state index is 0.0157. The third-order valence-corrected chi connectivity index (χ3v) is 5.80. The van der Waals surface area contributed by atoms with Gasteiger partial charge in [-0.05, 0) is 29.7 Å². The molecule has 2 atom stereocenters. The number of hydrogen-bond acceptors (Lipinski definition) is 3. The maximum atomic E-state index is 12.9. The number of hydrogen-bond donors (Lipinski definition) is 1. The molecule has 4 nitrogen and oxygen atoms in total. The van der Waals surface area contributed by atoms with Crippen molar-refractivity contribution in [3.05, 3.63) is 69.7 Å². The highest BCUT2D eigenvalue weighted by molar-refractivity contribution is 6.42. The van der Waals surface area contributed by atoms with E-state index in [0.717, 1.165) is 24.1 Å². The second-order valence-electron chi connectivity index (χ2n) is 7.77. The molecule has 0 aliphatic carbocycles. The fraction of sp³-hybridized carbons (Fsp3) is 0.458. The highest BCUT2D eigenvalue weighted by Gasteiger charge is 2.28. The quantitative estimate of drug-likeness (QED) is 0.655. The lowest BCUT2D eigenvalue weighted by Gasteiger charge is -2.32. The molecule has 2 aromatic rings. The number of carbonyl (C=O) groups is 1. The van der Waals surface area contributed by atoms with Crippen molar-refractivity contribution in [2.45, 2.75) is 45.3 Å². The number of nitrogens with zero attached hydrogens (tertiary/aromatic N) is 2. The Labute approximate surface area is 190 Å². The number of rotatable bonds is 6. The first-order chi connectivity index (χ1) is 14.3. The zero-order valence-corrected chi connectivity index (χ0v) is 19.5. The van der Waals surface area contributed by atoms with Crippen LogP contribution in [0.5, 0.6) is 0 Å². The zero-order chi connectivity index (χ0) is 22.1. The highest BCUT2D eigenvalue weighted by atomic mass is 35.5. The van der Waals surface area contributed by atoms with Gasteiger partial charge in [0.05, 0.1) is 28.6 Å². The topological polar surface area (TPSA) is 43.8 Å². The van der Waals surface area contributed by atoms with Crippen LogP contribution in [-0.4, -0.2) is 53.6 Å². The van der Waals surface area contributed by atoms with E-state index in [1.807, 2.05) is 43.4 Å². The summed E-state index contributed by atoms with van der Waals surface area (Å²) in [6.45, 7) is 6.45. The van der Waals surface area contributed by atoms with Crippen LogP contribution >= 0.6 is 23.2 Å². The van der Waals surface area contributed by atoms with Gasteiger partial charge in [0, 0.05) is 26.7 Å². The highest BCUT2D eigenvalue weighted by Crippen LogP contribution is 2.26. The molecule has 1 aliphatic rings. The van der Waals surface area contributed by atoms with Crippen molar-refractivity contribution in [3.8, 4) is 0 Å². The minimum Gasteiger partial charge on any atom is -0.392 e. The van der Waals surface area contributed by atoms with Crippen molar-refractivity contribution in [3.63, 3.8) is 0 Å². The summed E-state index contributed by atoms with van der Waals surface area (Å²) in [6.07, 6.45) is 2.01. The van der Waals surface area contributed by atoms with Crippen molar-refractivity contribution in [1.29, 1.82) is 0 Å². The van der Waals surface area contributed by atoms with E-state index >= 15 is 0 Å². The summed E-state index contributed by atoms with van der Waals surface area (Å²) < 4.78 is 0. The van der Waals surface area contributed by atoms with Gasteiger partial charge in [-0.1, -0.05) is 79.9 Å². The number of halogens is 2. The molecule has 1 heterocycles. The van der Waals surface area contributed by atoms with Crippen LogP contribution in [0, 0.1) is 0 Å². The Morgan fingerprint density at radius 2 is 1.83 bits per heavy atom. The second kappa shape index (κ2) is 12.3. The number of β-amino-alcohol motifs (C(OH)–C–C–N with tert-alkyl or cyclic N) is 1. The normalized spacial score (nSPS) is 17.2. The van der Waals surface area contributed by atoms with Crippen LogP contribution in [-0.2, 0) is 11.2 Å². The average molecular weight is 451 g/mol. The van der Waals surface area contributed by atoms with Crippen molar-refractivity contribution >= 4 is 29.1 Å². The molecule has 1 unspecified atom stereocenters. The van der Waals surface area contributed by atoms with Crippen LogP contribution in [0.15, 0.2) is 48.5 Å². The molecule has 1 fully saturated rings. The van der Waals surface area contributed by atoms with Gasteiger partial charge in [-0.3, -0.25) is 9.69 Å². The van der Waals surface area contributed by atoms with E-state index in [4.69, 9.17) is 23.2 Å². The first-order valence-electron chi connectivity index (χ1n) is 10.5. The van der Waals surface area contributed by atoms with Crippen LogP contribution in [0.1, 0.15) is 43.9 Å². The van der Waals surface area contributed by atoms with E-state index in [9.17, 15) is 9.90 Å². The largest absolute Gasteiger partial charge is 0.392 e. The summed E-state index contributed by atoms with van der Waals surface area (Å²) in [5.41, 5.74) is 1.92. The molecule has 1 saturated heterocycles. The molecule has 0 saturated carbocycles. The number of likely N-dealkylation sites (tertiary alicyclic amines) is 1. The molecule has 0 bridgehead atoms. The van der Waals surface area contributed by atoms with E-state index in [1.54, 1.807) is 17.0 Å². The van der Waals surface area contributed by atoms with E-state index in [0.29, 0.717) is 23.1 Å². The molecule has 1 amide bonds. The monoisotopic (exact) mass is 450 g/mol. The summed E-state index contributed by atoms with van der Waals surface area (Å²) in [5.74, 6) is 0.0157. The Balaban J connectivity index is 0.00000101. The van der Waals surface area contributed by atoms with Gasteiger partial charge < -0.3 is 10.0 Å². The molecule has 3 rings (SSSR count). The summed E-state index contributed by atoms with van der Waals surface area (Å²) in [4.78, 5) is 17.0. The van der Waals surface area contributed by atoms with Gasteiger partial charge >= 0.3 is 0 Å². The first kappa shape index (κ1) is 24.7. The number of aliphatic hydroxyl groups excluding tert-OH is 1. The summed E-state index contributed by atoms with van der Waals surface area (Å²) in [5, 5.41) is 10.8. The van der Waals surface area contributed by atoms with Crippen molar-refractivity contribution < 1.29 is 9.90 Å². The lowest BCUT2D eigenvalue weighted by Crippen LogP contribution is -2.39. The van der Waals surface area contributed by atoms with Crippen molar-refractivity contribution in [2.75, 3.05) is 26.7 Å². The number of amides is 1. The zero-order valence-electron chi connectivity index (χ0n) is 18.0. The lowest BCUT2D eigenvalue weighted by atomic mass is 10.0. The van der Waals surface area contributed by atoms with E-state index in [1.165, 1.54) is 6.42 Å². The van der Waals surface area contributed by atoms with Crippen LogP contribution < -0.4 is 0 Å². The van der Waals surface area contributed by atoms with Crippen LogP contribution in [0.2, 0.25) is 10.0 Å². The van der Waals surface area contributed by atoms with Crippen molar-refractivity contribution in [2.24, 2.45) is 0 Å². The molecule has 0 radical (unpaired) electrons. The average Bonchev–Trinajstić information content (AvgIpc) is 3.14. The Bertz CT molecular complexity index is 801. The Hall–Kier alpha value is -1.59. The van der Waals surface area contributed by atoms with E-state index < -0.39 is 0 Å². The molecule has 0 aromatic heterocycles. The number of carbonyl (C=O) groups excluding carboxylic acids is 1. The number of likely N-dealkylation sites (N-methyl/N-ethyl adjacent to an activating group) is 1. The van der Waals surface area contributed by atoms with E-state index in [-0.39, 0.29) is 24.5 Å². The fourth-order valence-corrected chi connectivity index (χ4v) is 3.79. The maximum absolute atomic E-state index is 12.9. The van der Waals surface area contributed by atoms with Gasteiger partial charge in [0.15, 0.2) is 0 Å². The fourth-order valence-electron chi connectivity index (χ4n) is 3.47. The predicted molar refractivity (Wildman–Crippen MR) is 125 cm³/mol. The minimum atomic E-state index is -0.279. The first-order valence-corrected chi connectivity index (χ1v) is 11.3. The summed E-state index contributed by atoms with van der Waals surface area (Å²) >= 11 is 12.0. The SMILES string of the molecule is CCC.CN(C(=O)Cc1ccc(Cl)c(Cl)c1)C(CN1CC[C@H](O)C1)c1ccccc1. The standard InChI is InChI=1S/C21H24Cl2N2O2.C3H8/c1-24(21(27)12-15-7-8-18(22)19(23)11-15)20(16-5-3-2-4-6-16)14-25-10-9-17(26)13-25;1-3-2/h2-8,11,17,20,26H,9-10,12-14H2,1H3;3H2,1-2H3/t17-,20?;/m0./s1. The summed E-state index contributed by atoms with van der Waals surface area (Å²) in [7, 11) is 1.84. The molecular formula is C24H32Cl2N2O2. The van der Waals surface area contributed by atoms with Gasteiger partial charge in [-0.2, -0.15) is 0 Å². The molecule has 30 heavy (non-hydrogen) atoms. The van der Waals surface area contributed by atoms with Gasteiger partial charge in [0.2, 0.25) is 5.91 Å². The Morgan fingerprint density at radius 3 is 2.40 bits per heavy atom. The van der Waals surface area contributed by atoms with Gasteiger partial charge in [0.25, 0.3) is 0 Å². The van der Waals surface area contributed by atoms with Crippen molar-refractivity contribution in [1.82, 2.24) is 9.80 Å². The van der Waals surface area contributed by atoms with Gasteiger partial charge in [-0.25, -0.2) is 0 Å². The molecular weight excluding hydrogens is 419 g/mol. The van der Waals surface area contributed by atoms with Gasteiger partial charge in [-0.15, -0.1) is 0 Å². The molecule has 1 aliphatic heterocycles.